The number of nitrogens with zero attached hydrogens (tertiary/aromatic N) is 2. The van der Waals surface area contributed by atoms with Gasteiger partial charge in [-0.3, -0.25) is 0 Å². The normalized spacial score (nSPS) is 16.3. The van der Waals surface area contributed by atoms with Gasteiger partial charge in [0.1, 0.15) is 0 Å². The lowest BCUT2D eigenvalue weighted by Gasteiger charge is -2.36. The summed E-state index contributed by atoms with van der Waals surface area (Å²) in [5.41, 5.74) is 0.841. The Bertz CT molecular complexity index is 464. The van der Waals surface area contributed by atoms with Crippen LogP contribution >= 0.6 is 0 Å². The van der Waals surface area contributed by atoms with Gasteiger partial charge in [-0.1, -0.05) is 20.8 Å². The highest BCUT2D eigenvalue weighted by molar-refractivity contribution is 5.24. The first-order valence-electron chi connectivity index (χ1n) is 7.28. The topological polar surface area (TPSA) is 29.9 Å². The van der Waals surface area contributed by atoms with E-state index in [4.69, 9.17) is 0 Å². The Kier molecular flexibility index (Phi) is 4.14. The van der Waals surface area contributed by atoms with E-state index in [0.29, 0.717) is 44.5 Å². The van der Waals surface area contributed by atoms with Crippen molar-refractivity contribution in [2.45, 2.75) is 64.7 Å². The lowest BCUT2D eigenvalue weighted by Crippen LogP contribution is -2.38. The van der Waals surface area contributed by atoms with Crippen LogP contribution in [0.4, 0.5) is 13.2 Å². The summed E-state index contributed by atoms with van der Waals surface area (Å²) in [4.78, 5) is 3.91. The summed E-state index contributed by atoms with van der Waals surface area (Å²) in [5, 5.41) is 3.10. The van der Waals surface area contributed by atoms with Gasteiger partial charge in [0.2, 0.25) is 5.82 Å². The molecule has 1 N–H and O–H groups in total. The second-order valence-electron chi connectivity index (χ2n) is 5.37. The number of alkyl halides is 3. The van der Waals surface area contributed by atoms with Crippen molar-refractivity contribution in [3.63, 3.8) is 0 Å². The van der Waals surface area contributed by atoms with Crippen molar-refractivity contribution in [1.82, 2.24) is 14.9 Å². The Morgan fingerprint density at radius 1 is 1.15 bits per heavy atom. The predicted molar refractivity (Wildman–Crippen MR) is 71.5 cm³/mol. The summed E-state index contributed by atoms with van der Waals surface area (Å²) in [7, 11) is 0. The maximum atomic E-state index is 13.4. The van der Waals surface area contributed by atoms with E-state index in [2.05, 4.69) is 10.3 Å². The van der Waals surface area contributed by atoms with E-state index in [1.165, 1.54) is 4.57 Å². The number of rotatable bonds is 4. The lowest BCUT2D eigenvalue weighted by atomic mass is 9.88. The number of fused-ring (bicyclic) bond motifs is 1. The van der Waals surface area contributed by atoms with Crippen molar-refractivity contribution in [3.8, 4) is 0 Å². The molecule has 0 aliphatic carbocycles. The molecule has 1 aliphatic heterocycles. The molecule has 0 radical (unpaired) electrons. The van der Waals surface area contributed by atoms with E-state index in [1.54, 1.807) is 0 Å². The molecule has 0 bridgehead atoms. The SMILES string of the molecule is CCC(CC)(CC)n1c(C(F)(F)F)nc2c1CCNC2. The number of imidazole rings is 1. The van der Waals surface area contributed by atoms with Gasteiger partial charge >= 0.3 is 6.18 Å². The van der Waals surface area contributed by atoms with Crippen molar-refractivity contribution in [1.29, 1.82) is 0 Å². The van der Waals surface area contributed by atoms with Gasteiger partial charge in [0, 0.05) is 30.7 Å². The molecule has 1 aromatic heterocycles. The van der Waals surface area contributed by atoms with Gasteiger partial charge in [-0.05, 0) is 19.3 Å². The third-order valence-electron chi connectivity index (χ3n) is 4.59. The van der Waals surface area contributed by atoms with E-state index in [1.807, 2.05) is 20.8 Å². The summed E-state index contributed by atoms with van der Waals surface area (Å²) in [6.45, 7) is 7.02. The predicted octanol–water partition coefficient (Wildman–Crippen LogP) is 3.47. The zero-order valence-corrected chi connectivity index (χ0v) is 12.3. The molecule has 6 heteroatoms. The van der Waals surface area contributed by atoms with Crippen LogP contribution in [-0.2, 0) is 24.7 Å². The molecule has 0 atom stereocenters. The fourth-order valence-electron chi connectivity index (χ4n) is 3.24. The molecule has 0 aromatic carbocycles. The number of hydrogen-bond acceptors (Lipinski definition) is 2. The summed E-state index contributed by atoms with van der Waals surface area (Å²) in [6, 6.07) is 0. The first-order chi connectivity index (χ1) is 9.39. The van der Waals surface area contributed by atoms with E-state index < -0.39 is 17.5 Å². The van der Waals surface area contributed by atoms with Gasteiger partial charge in [-0.25, -0.2) is 4.98 Å². The second kappa shape index (κ2) is 5.39. The van der Waals surface area contributed by atoms with E-state index >= 15 is 0 Å². The zero-order chi connectivity index (χ0) is 15.0. The van der Waals surface area contributed by atoms with E-state index in [-0.39, 0.29) is 0 Å². The molecule has 0 spiro atoms. The average Bonchev–Trinajstić information content (AvgIpc) is 2.82. The second-order valence-corrected chi connectivity index (χ2v) is 5.37. The van der Waals surface area contributed by atoms with Gasteiger partial charge in [0.05, 0.1) is 5.69 Å². The fraction of sp³-hybridized carbons (Fsp3) is 0.786. The lowest BCUT2D eigenvalue weighted by molar-refractivity contribution is -0.150. The minimum atomic E-state index is -4.40. The third-order valence-corrected chi connectivity index (χ3v) is 4.59. The Morgan fingerprint density at radius 2 is 1.75 bits per heavy atom. The van der Waals surface area contributed by atoms with Crippen LogP contribution in [0.25, 0.3) is 0 Å². The Balaban J connectivity index is 2.68. The smallest absolute Gasteiger partial charge is 0.318 e. The van der Waals surface area contributed by atoms with Gasteiger partial charge in [0.15, 0.2) is 0 Å². The monoisotopic (exact) mass is 289 g/mol. The fourth-order valence-corrected chi connectivity index (χ4v) is 3.24. The summed E-state index contributed by atoms with van der Waals surface area (Å²) in [5.74, 6) is -0.725. The molecule has 0 fully saturated rings. The van der Waals surface area contributed by atoms with Crippen LogP contribution in [0.2, 0.25) is 0 Å². The van der Waals surface area contributed by atoms with Crippen LogP contribution in [0.5, 0.6) is 0 Å². The van der Waals surface area contributed by atoms with Crippen LogP contribution < -0.4 is 5.32 Å². The van der Waals surface area contributed by atoms with E-state index in [0.717, 1.165) is 5.69 Å². The highest BCUT2D eigenvalue weighted by Gasteiger charge is 2.44. The molecule has 0 saturated heterocycles. The number of hydrogen-bond donors (Lipinski definition) is 1. The third kappa shape index (κ3) is 2.34. The van der Waals surface area contributed by atoms with Crippen molar-refractivity contribution in [2.24, 2.45) is 0 Å². The van der Waals surface area contributed by atoms with Crippen molar-refractivity contribution in [3.05, 3.63) is 17.2 Å². The molecule has 1 aromatic rings. The molecule has 114 valence electrons. The van der Waals surface area contributed by atoms with Crippen LogP contribution in [0.15, 0.2) is 0 Å². The van der Waals surface area contributed by atoms with Crippen LogP contribution in [0.3, 0.4) is 0 Å². The molecular formula is C14H22F3N3. The number of aromatic nitrogens is 2. The minimum Gasteiger partial charge on any atom is -0.318 e. The minimum absolute atomic E-state index is 0.429. The number of halogens is 3. The van der Waals surface area contributed by atoms with Crippen LogP contribution in [-0.4, -0.2) is 16.1 Å². The molecule has 0 saturated carbocycles. The standard InChI is InChI=1S/C14H22F3N3/c1-4-13(5-2,6-3)20-11-7-8-18-9-10(11)19-12(20)14(15,16)17/h18H,4-9H2,1-3H3. The van der Waals surface area contributed by atoms with Crippen molar-refractivity contribution >= 4 is 0 Å². The van der Waals surface area contributed by atoms with Crippen molar-refractivity contribution < 1.29 is 13.2 Å². The van der Waals surface area contributed by atoms with Gasteiger partial charge in [-0.2, -0.15) is 13.2 Å². The Labute approximate surface area is 117 Å². The molecule has 20 heavy (non-hydrogen) atoms. The molecule has 3 nitrogen and oxygen atoms in total. The molecule has 1 aliphatic rings. The molecule has 0 unspecified atom stereocenters. The van der Waals surface area contributed by atoms with Gasteiger partial charge < -0.3 is 9.88 Å². The summed E-state index contributed by atoms with van der Waals surface area (Å²) >= 11 is 0. The zero-order valence-electron chi connectivity index (χ0n) is 12.3. The van der Waals surface area contributed by atoms with Crippen LogP contribution in [0.1, 0.15) is 57.2 Å². The summed E-state index contributed by atoms with van der Waals surface area (Å²) in [6.07, 6.45) is -1.75. The van der Waals surface area contributed by atoms with Gasteiger partial charge in [-0.15, -0.1) is 0 Å². The molecule has 2 heterocycles. The van der Waals surface area contributed by atoms with E-state index in [9.17, 15) is 13.2 Å². The largest absolute Gasteiger partial charge is 0.449 e. The summed E-state index contributed by atoms with van der Waals surface area (Å²) < 4.78 is 41.6. The quantitative estimate of drug-likeness (QED) is 0.919. The maximum Gasteiger partial charge on any atom is 0.449 e. The first-order valence-corrected chi connectivity index (χ1v) is 7.28. The van der Waals surface area contributed by atoms with Gasteiger partial charge in [0.25, 0.3) is 0 Å². The Hall–Kier alpha value is -1.04. The first kappa shape index (κ1) is 15.4. The van der Waals surface area contributed by atoms with Crippen molar-refractivity contribution in [2.75, 3.05) is 6.54 Å². The number of nitrogens with one attached hydrogen (secondary N) is 1. The molecule has 0 amide bonds. The molecule has 2 rings (SSSR count). The maximum absolute atomic E-state index is 13.4. The average molecular weight is 289 g/mol. The van der Waals surface area contributed by atoms with Crippen LogP contribution in [0, 0.1) is 0 Å². The highest BCUT2D eigenvalue weighted by atomic mass is 19.4. The highest BCUT2D eigenvalue weighted by Crippen LogP contribution is 2.39. The molecular weight excluding hydrogens is 267 g/mol. The Morgan fingerprint density at radius 3 is 2.25 bits per heavy atom.